The zero-order valence-electron chi connectivity index (χ0n) is 13.2. The molecule has 23 heavy (non-hydrogen) atoms. The largest absolute Gasteiger partial charge is 0.491 e. The van der Waals surface area contributed by atoms with Gasteiger partial charge in [0, 0.05) is 26.2 Å². The van der Waals surface area contributed by atoms with Crippen LogP contribution in [0, 0.1) is 0 Å². The summed E-state index contributed by atoms with van der Waals surface area (Å²) in [7, 11) is 0. The molecule has 2 fully saturated rings. The summed E-state index contributed by atoms with van der Waals surface area (Å²) in [6.45, 7) is 3.36. The maximum Gasteiger partial charge on any atom is 0.246 e. The Labute approximate surface area is 136 Å². The van der Waals surface area contributed by atoms with E-state index in [0.717, 1.165) is 31.7 Å². The number of nitrogens with zero attached hydrogens (tertiary/aromatic N) is 1. The zero-order valence-corrected chi connectivity index (χ0v) is 13.2. The average Bonchev–Trinajstić information content (AvgIpc) is 2.59. The fourth-order valence-corrected chi connectivity index (χ4v) is 3.10. The summed E-state index contributed by atoms with van der Waals surface area (Å²) in [4.78, 5) is 13.4. The highest BCUT2D eigenvalue weighted by Gasteiger charge is 2.39. The first-order valence-electron chi connectivity index (χ1n) is 8.14. The topological polar surface area (TPSA) is 71.0 Å². The number of nitrogens with one attached hydrogen (secondary N) is 1. The third-order valence-corrected chi connectivity index (χ3v) is 4.54. The van der Waals surface area contributed by atoms with Gasteiger partial charge in [0.1, 0.15) is 25.1 Å². The first-order valence-corrected chi connectivity index (χ1v) is 8.14. The number of aliphatic hydroxyl groups is 1. The number of piperidine rings is 1. The molecular weight excluding hydrogens is 296 g/mol. The molecule has 0 radical (unpaired) electrons. The van der Waals surface area contributed by atoms with Gasteiger partial charge < -0.3 is 24.8 Å². The van der Waals surface area contributed by atoms with Gasteiger partial charge in [-0.25, -0.2) is 0 Å². The summed E-state index contributed by atoms with van der Waals surface area (Å²) in [5, 5.41) is 13.0. The Hall–Kier alpha value is -1.63. The van der Waals surface area contributed by atoms with Gasteiger partial charge >= 0.3 is 0 Å². The van der Waals surface area contributed by atoms with Crippen LogP contribution in [0.4, 0.5) is 0 Å². The predicted molar refractivity (Wildman–Crippen MR) is 85.3 cm³/mol. The maximum atomic E-state index is 11.2. The van der Waals surface area contributed by atoms with Gasteiger partial charge in [0.2, 0.25) is 5.91 Å². The van der Waals surface area contributed by atoms with E-state index in [2.05, 4.69) is 10.2 Å². The van der Waals surface area contributed by atoms with Crippen LogP contribution in [0.1, 0.15) is 12.8 Å². The van der Waals surface area contributed by atoms with E-state index in [-0.39, 0.29) is 24.7 Å². The van der Waals surface area contributed by atoms with Gasteiger partial charge in [-0.05, 0) is 25.0 Å². The standard InChI is InChI=1S/C17H24N2O4/c20-14(11-22-15-4-2-1-3-5-15)10-19-8-6-17(7-9-19)13-18-16(21)12-23-17/h1-5,14,20H,6-13H2,(H,18,21). The van der Waals surface area contributed by atoms with E-state index in [1.807, 2.05) is 30.3 Å². The summed E-state index contributed by atoms with van der Waals surface area (Å²) in [6.07, 6.45) is 1.23. The van der Waals surface area contributed by atoms with Crippen molar-refractivity contribution in [1.82, 2.24) is 10.2 Å². The van der Waals surface area contributed by atoms with Crippen LogP contribution < -0.4 is 10.1 Å². The van der Waals surface area contributed by atoms with Crippen molar-refractivity contribution in [2.24, 2.45) is 0 Å². The van der Waals surface area contributed by atoms with E-state index >= 15 is 0 Å². The second kappa shape index (κ2) is 7.29. The predicted octanol–water partition coefficient (Wildman–Crippen LogP) is 0.407. The molecule has 1 unspecified atom stereocenters. The monoisotopic (exact) mass is 320 g/mol. The number of ether oxygens (including phenoxy) is 2. The Balaban J connectivity index is 1.39. The lowest BCUT2D eigenvalue weighted by atomic mass is 9.90. The number of likely N-dealkylation sites (tertiary alicyclic amines) is 1. The minimum absolute atomic E-state index is 0.0356. The van der Waals surface area contributed by atoms with E-state index in [1.165, 1.54) is 0 Å². The Morgan fingerprint density at radius 3 is 2.70 bits per heavy atom. The van der Waals surface area contributed by atoms with Gasteiger partial charge in [-0.15, -0.1) is 0 Å². The molecule has 1 aromatic rings. The molecule has 6 heteroatoms. The summed E-state index contributed by atoms with van der Waals surface area (Å²) in [5.74, 6) is 0.738. The van der Waals surface area contributed by atoms with Crippen molar-refractivity contribution in [2.75, 3.05) is 39.4 Å². The number of hydrogen-bond donors (Lipinski definition) is 2. The number of morpholine rings is 1. The van der Waals surface area contributed by atoms with E-state index in [0.29, 0.717) is 13.1 Å². The van der Waals surface area contributed by atoms with Crippen molar-refractivity contribution in [2.45, 2.75) is 24.5 Å². The lowest BCUT2D eigenvalue weighted by molar-refractivity contribution is -0.150. The van der Waals surface area contributed by atoms with E-state index in [1.54, 1.807) is 0 Å². The molecular formula is C17H24N2O4. The fraction of sp³-hybridized carbons (Fsp3) is 0.588. The third kappa shape index (κ3) is 4.43. The second-order valence-corrected chi connectivity index (χ2v) is 6.33. The summed E-state index contributed by atoms with van der Waals surface area (Å²) < 4.78 is 11.3. The van der Waals surface area contributed by atoms with Crippen molar-refractivity contribution < 1.29 is 19.4 Å². The number of amides is 1. The Bertz CT molecular complexity index is 503. The van der Waals surface area contributed by atoms with Crippen molar-refractivity contribution in [1.29, 1.82) is 0 Å². The van der Waals surface area contributed by atoms with E-state index in [4.69, 9.17) is 9.47 Å². The zero-order chi connectivity index (χ0) is 16.1. The van der Waals surface area contributed by atoms with Gasteiger partial charge in [0.15, 0.2) is 0 Å². The van der Waals surface area contributed by atoms with E-state index < -0.39 is 6.10 Å². The number of β-amino-alcohol motifs (C(OH)–C–C–N with tert-alkyl or cyclic N) is 1. The third-order valence-electron chi connectivity index (χ3n) is 4.54. The molecule has 0 aromatic heterocycles. The van der Waals surface area contributed by atoms with Crippen LogP contribution in [0.15, 0.2) is 30.3 Å². The van der Waals surface area contributed by atoms with Crippen LogP contribution in [0.5, 0.6) is 5.75 Å². The fourth-order valence-electron chi connectivity index (χ4n) is 3.10. The highest BCUT2D eigenvalue weighted by molar-refractivity contribution is 5.78. The number of hydrogen-bond acceptors (Lipinski definition) is 5. The Morgan fingerprint density at radius 2 is 2.04 bits per heavy atom. The molecule has 2 N–H and O–H groups in total. The molecule has 2 aliphatic heterocycles. The summed E-state index contributed by atoms with van der Waals surface area (Å²) in [5.41, 5.74) is -0.212. The normalized spacial score (nSPS) is 22.6. The van der Waals surface area contributed by atoms with Gasteiger partial charge in [-0.3, -0.25) is 4.79 Å². The maximum absolute atomic E-state index is 11.2. The van der Waals surface area contributed by atoms with Gasteiger partial charge in [0.05, 0.1) is 5.60 Å². The number of para-hydroxylation sites is 1. The quantitative estimate of drug-likeness (QED) is 0.822. The van der Waals surface area contributed by atoms with Crippen molar-refractivity contribution in [3.8, 4) is 5.75 Å². The Morgan fingerprint density at radius 1 is 1.30 bits per heavy atom. The smallest absolute Gasteiger partial charge is 0.246 e. The number of benzene rings is 1. The summed E-state index contributed by atoms with van der Waals surface area (Å²) >= 11 is 0. The molecule has 1 aromatic carbocycles. The summed E-state index contributed by atoms with van der Waals surface area (Å²) in [6, 6.07) is 9.52. The van der Waals surface area contributed by atoms with Crippen LogP contribution in [0.25, 0.3) is 0 Å². The van der Waals surface area contributed by atoms with Crippen molar-refractivity contribution in [3.05, 3.63) is 30.3 Å². The molecule has 3 rings (SSSR count). The highest BCUT2D eigenvalue weighted by atomic mass is 16.5. The molecule has 1 atom stereocenters. The second-order valence-electron chi connectivity index (χ2n) is 6.33. The molecule has 0 aliphatic carbocycles. The lowest BCUT2D eigenvalue weighted by Crippen LogP contribution is -2.58. The molecule has 0 saturated carbocycles. The minimum Gasteiger partial charge on any atom is -0.491 e. The molecule has 6 nitrogen and oxygen atoms in total. The SMILES string of the molecule is O=C1COC2(CCN(CC(O)COc3ccccc3)CC2)CN1. The van der Waals surface area contributed by atoms with Crippen LogP contribution >= 0.6 is 0 Å². The van der Waals surface area contributed by atoms with Crippen molar-refractivity contribution >= 4 is 5.91 Å². The van der Waals surface area contributed by atoms with Crippen LogP contribution in [0.3, 0.4) is 0 Å². The molecule has 1 amide bonds. The average molecular weight is 320 g/mol. The van der Waals surface area contributed by atoms with Gasteiger partial charge in [-0.2, -0.15) is 0 Å². The van der Waals surface area contributed by atoms with E-state index in [9.17, 15) is 9.90 Å². The van der Waals surface area contributed by atoms with Crippen LogP contribution in [0.2, 0.25) is 0 Å². The number of rotatable bonds is 5. The molecule has 1 spiro atoms. The molecule has 2 heterocycles. The lowest BCUT2D eigenvalue weighted by Gasteiger charge is -2.44. The number of carbonyl (C=O) groups excluding carboxylic acids is 1. The highest BCUT2D eigenvalue weighted by Crippen LogP contribution is 2.27. The minimum atomic E-state index is -0.517. The Kier molecular flexibility index (Phi) is 5.15. The molecule has 126 valence electrons. The van der Waals surface area contributed by atoms with Gasteiger partial charge in [0.25, 0.3) is 0 Å². The van der Waals surface area contributed by atoms with Gasteiger partial charge in [-0.1, -0.05) is 18.2 Å². The molecule has 2 saturated heterocycles. The number of carbonyl (C=O) groups is 1. The molecule has 2 aliphatic rings. The molecule has 0 bridgehead atoms. The first-order chi connectivity index (χ1) is 11.2. The first kappa shape index (κ1) is 16.2. The van der Waals surface area contributed by atoms with Crippen molar-refractivity contribution in [3.63, 3.8) is 0 Å². The van der Waals surface area contributed by atoms with Crippen LogP contribution in [-0.4, -0.2) is 67.0 Å². The van der Waals surface area contributed by atoms with Crippen LogP contribution in [-0.2, 0) is 9.53 Å². The number of aliphatic hydroxyl groups excluding tert-OH is 1.